The number of sulfonamides is 1. The zero-order valence-corrected chi connectivity index (χ0v) is 27.4. The van der Waals surface area contributed by atoms with Crippen LogP contribution in [0.1, 0.15) is 81.7 Å². The first-order valence-corrected chi connectivity index (χ1v) is 17.4. The van der Waals surface area contributed by atoms with E-state index in [9.17, 15) is 18.0 Å². The summed E-state index contributed by atoms with van der Waals surface area (Å²) in [7, 11) is -3.93. The first-order valence-electron chi connectivity index (χ1n) is 15.9. The van der Waals surface area contributed by atoms with Crippen LogP contribution in [0.4, 0.5) is 0 Å². The van der Waals surface area contributed by atoms with Crippen LogP contribution in [0.2, 0.25) is 0 Å². The van der Waals surface area contributed by atoms with Gasteiger partial charge in [-0.05, 0) is 86.2 Å². The van der Waals surface area contributed by atoms with Crippen LogP contribution in [-0.2, 0) is 32.5 Å². The Bertz CT molecular complexity index is 1350. The lowest BCUT2D eigenvalue weighted by atomic mass is 9.86. The van der Waals surface area contributed by atoms with Crippen LogP contribution in [0.5, 0.6) is 0 Å². The zero-order chi connectivity index (χ0) is 31.1. The normalized spacial score (nSPS) is 19.5. The molecule has 2 N–H and O–H groups in total. The van der Waals surface area contributed by atoms with Crippen molar-refractivity contribution in [1.82, 2.24) is 19.8 Å². The summed E-state index contributed by atoms with van der Waals surface area (Å²) in [5.41, 5.74) is 4.67. The van der Waals surface area contributed by atoms with Crippen LogP contribution < -0.4 is 10.6 Å². The number of hydrogen-bond donors (Lipinski definition) is 2. The highest BCUT2D eigenvalue weighted by atomic mass is 32.2. The molecular weight excluding hydrogens is 560 g/mol. The Morgan fingerprint density at radius 2 is 1.77 bits per heavy atom. The van der Waals surface area contributed by atoms with Gasteiger partial charge < -0.3 is 15.5 Å². The molecule has 4 rings (SSSR count). The summed E-state index contributed by atoms with van der Waals surface area (Å²) in [6.07, 6.45) is 4.69. The van der Waals surface area contributed by atoms with Gasteiger partial charge in [-0.1, -0.05) is 63.6 Å². The van der Waals surface area contributed by atoms with Crippen molar-refractivity contribution >= 4 is 21.8 Å². The summed E-state index contributed by atoms with van der Waals surface area (Å²) in [4.78, 5) is 28.8. The van der Waals surface area contributed by atoms with E-state index in [4.69, 9.17) is 0 Å². The second kappa shape index (κ2) is 14.8. The van der Waals surface area contributed by atoms with Crippen LogP contribution in [0.3, 0.4) is 0 Å². The molecule has 1 fully saturated rings. The predicted molar refractivity (Wildman–Crippen MR) is 171 cm³/mol. The molecule has 1 heterocycles. The van der Waals surface area contributed by atoms with E-state index in [0.29, 0.717) is 11.8 Å². The second-order valence-electron chi connectivity index (χ2n) is 13.1. The number of piperazine rings is 1. The maximum absolute atomic E-state index is 13.4. The maximum Gasteiger partial charge on any atom is 0.243 e. The maximum atomic E-state index is 13.4. The molecule has 236 valence electrons. The third kappa shape index (κ3) is 8.89. The van der Waals surface area contributed by atoms with Gasteiger partial charge in [-0.3, -0.25) is 9.59 Å². The Balaban J connectivity index is 1.39. The fraction of sp³-hybridized carbons (Fsp3) is 0.588. The highest BCUT2D eigenvalue weighted by Gasteiger charge is 2.40. The number of rotatable bonds is 13. The minimum atomic E-state index is -3.93. The van der Waals surface area contributed by atoms with Gasteiger partial charge in [0.25, 0.3) is 0 Å². The molecule has 9 heteroatoms. The van der Waals surface area contributed by atoms with E-state index >= 15 is 0 Å². The van der Waals surface area contributed by atoms with Gasteiger partial charge in [-0.2, -0.15) is 4.31 Å². The van der Waals surface area contributed by atoms with Crippen molar-refractivity contribution in [3.8, 4) is 0 Å². The van der Waals surface area contributed by atoms with Gasteiger partial charge in [0, 0.05) is 26.2 Å². The molecule has 8 nitrogen and oxygen atoms in total. The van der Waals surface area contributed by atoms with Gasteiger partial charge in [0.2, 0.25) is 21.8 Å². The molecule has 0 spiro atoms. The van der Waals surface area contributed by atoms with Crippen LogP contribution in [0, 0.1) is 18.8 Å². The molecule has 0 aromatic heterocycles. The average molecular weight is 611 g/mol. The molecule has 43 heavy (non-hydrogen) atoms. The molecule has 2 amide bonds. The average Bonchev–Trinajstić information content (AvgIpc) is 2.93. The molecule has 0 unspecified atom stereocenters. The third-order valence-electron chi connectivity index (χ3n) is 8.33. The summed E-state index contributed by atoms with van der Waals surface area (Å²) < 4.78 is 28.1. The molecule has 2 aromatic rings. The Kier molecular flexibility index (Phi) is 11.4. The minimum absolute atomic E-state index is 0.127. The number of carbonyl (C=O) groups is 2. The lowest BCUT2D eigenvalue weighted by Crippen LogP contribution is -2.58. The van der Waals surface area contributed by atoms with Crippen LogP contribution in [0.15, 0.2) is 47.4 Å². The quantitative estimate of drug-likeness (QED) is 0.345. The first kappa shape index (κ1) is 33.1. The van der Waals surface area contributed by atoms with Crippen molar-refractivity contribution in [2.75, 3.05) is 32.7 Å². The van der Waals surface area contributed by atoms with Gasteiger partial charge >= 0.3 is 0 Å². The molecular formula is C34H50N4O4S. The molecule has 1 aliphatic heterocycles. The number of hydrogen-bond acceptors (Lipinski definition) is 5. The number of amides is 2. The minimum Gasteiger partial charge on any atom is -0.353 e. The lowest BCUT2D eigenvalue weighted by molar-refractivity contribution is -0.132. The van der Waals surface area contributed by atoms with Crippen molar-refractivity contribution in [2.45, 2.75) is 90.1 Å². The molecule has 1 aliphatic carbocycles. The Morgan fingerprint density at radius 1 is 1.07 bits per heavy atom. The summed E-state index contributed by atoms with van der Waals surface area (Å²) in [5, 5.41) is 5.87. The Labute approximate surface area is 258 Å². The lowest BCUT2D eigenvalue weighted by Gasteiger charge is -2.34. The zero-order valence-electron chi connectivity index (χ0n) is 26.6. The summed E-state index contributed by atoms with van der Waals surface area (Å²) in [5.74, 6) is 0.556. The van der Waals surface area contributed by atoms with Crippen LogP contribution in [-0.4, -0.2) is 68.2 Å². The third-order valence-corrected chi connectivity index (χ3v) is 10.3. The van der Waals surface area contributed by atoms with E-state index in [-0.39, 0.29) is 36.4 Å². The van der Waals surface area contributed by atoms with Crippen molar-refractivity contribution in [2.24, 2.45) is 11.8 Å². The topological polar surface area (TPSA) is 98.8 Å². The van der Waals surface area contributed by atoms with Gasteiger partial charge in [-0.25, -0.2) is 8.42 Å². The molecule has 0 saturated carbocycles. The van der Waals surface area contributed by atoms with Gasteiger partial charge in [0.05, 0.1) is 17.4 Å². The van der Waals surface area contributed by atoms with E-state index in [1.54, 1.807) is 24.3 Å². The van der Waals surface area contributed by atoms with Gasteiger partial charge in [0.1, 0.15) is 6.04 Å². The SMILES string of the molecule is Cc1ccc(S(=O)(=O)N2CCNC(=O)[C@H]2CC(=O)N[C@@H]2CCCc3cc(CCCN(CC(C)C)CC(C)C)ccc32)cc1. The van der Waals surface area contributed by atoms with Crippen LogP contribution >= 0.6 is 0 Å². The monoisotopic (exact) mass is 610 g/mol. The van der Waals surface area contributed by atoms with Crippen molar-refractivity contribution in [3.63, 3.8) is 0 Å². The standard InChI is InChI=1S/C34H50N4O4S/c1-24(2)22-37(23-25(3)4)18-7-8-27-13-16-30-28(20-27)9-6-10-31(30)36-33(39)21-32-34(40)35-17-19-38(32)43(41,42)29-14-11-26(5)12-15-29/h11-16,20,24-25,31-32H,6-10,17-19,21-23H2,1-5H3,(H,35,40)(H,36,39)/t31-,32-/m1/s1. The van der Waals surface area contributed by atoms with E-state index < -0.39 is 22.0 Å². The molecule has 0 bridgehead atoms. The molecule has 1 saturated heterocycles. The summed E-state index contributed by atoms with van der Waals surface area (Å²) in [6, 6.07) is 12.0. The molecule has 0 radical (unpaired) electrons. The van der Waals surface area contributed by atoms with E-state index in [1.807, 2.05) is 6.92 Å². The van der Waals surface area contributed by atoms with E-state index in [1.165, 1.54) is 15.4 Å². The fourth-order valence-corrected chi connectivity index (χ4v) is 8.01. The molecule has 2 atom stereocenters. The number of nitrogens with zero attached hydrogens (tertiary/aromatic N) is 2. The number of carbonyl (C=O) groups excluding carboxylic acids is 2. The molecule has 2 aromatic carbocycles. The summed E-state index contributed by atoms with van der Waals surface area (Å²) in [6.45, 7) is 14.7. The van der Waals surface area contributed by atoms with E-state index in [0.717, 1.165) is 62.9 Å². The van der Waals surface area contributed by atoms with Gasteiger partial charge in [0.15, 0.2) is 0 Å². The van der Waals surface area contributed by atoms with Crippen molar-refractivity contribution in [3.05, 3.63) is 64.7 Å². The summed E-state index contributed by atoms with van der Waals surface area (Å²) >= 11 is 0. The Morgan fingerprint density at radius 3 is 2.44 bits per heavy atom. The Hall–Kier alpha value is -2.75. The number of fused-ring (bicyclic) bond motifs is 1. The molecule has 2 aliphatic rings. The number of nitrogens with one attached hydrogen (secondary N) is 2. The smallest absolute Gasteiger partial charge is 0.243 e. The highest BCUT2D eigenvalue weighted by molar-refractivity contribution is 7.89. The fourth-order valence-electron chi connectivity index (χ4n) is 6.42. The predicted octanol–water partition coefficient (Wildman–Crippen LogP) is 4.61. The van der Waals surface area contributed by atoms with E-state index in [2.05, 4.69) is 61.4 Å². The second-order valence-corrected chi connectivity index (χ2v) is 15.0. The highest BCUT2D eigenvalue weighted by Crippen LogP contribution is 2.31. The van der Waals surface area contributed by atoms with Crippen molar-refractivity contribution in [1.29, 1.82) is 0 Å². The largest absolute Gasteiger partial charge is 0.353 e. The number of aryl methyl sites for hydroxylation is 3. The first-order chi connectivity index (χ1) is 20.4. The van der Waals surface area contributed by atoms with Crippen molar-refractivity contribution < 1.29 is 18.0 Å². The number of benzene rings is 2. The van der Waals surface area contributed by atoms with Gasteiger partial charge in [-0.15, -0.1) is 0 Å². The van der Waals surface area contributed by atoms with Crippen LogP contribution in [0.25, 0.3) is 0 Å².